The van der Waals surface area contributed by atoms with Gasteiger partial charge >= 0.3 is 6.18 Å². The summed E-state index contributed by atoms with van der Waals surface area (Å²) >= 11 is 0. The lowest BCUT2D eigenvalue weighted by molar-refractivity contribution is -0.142. The zero-order valence-corrected chi connectivity index (χ0v) is 12.4. The predicted octanol–water partition coefficient (Wildman–Crippen LogP) is 3.42. The Labute approximate surface area is 131 Å². The number of para-hydroxylation sites is 1. The first kappa shape index (κ1) is 15.6. The fraction of sp³-hybridized carbons (Fsp3) is 0.375. The van der Waals surface area contributed by atoms with Crippen molar-refractivity contribution in [2.24, 2.45) is 0 Å². The van der Waals surface area contributed by atoms with Gasteiger partial charge in [-0.3, -0.25) is 9.48 Å². The molecule has 0 fully saturated rings. The summed E-state index contributed by atoms with van der Waals surface area (Å²) in [5.41, 5.74) is 0.539. The molecule has 1 aromatic carbocycles. The fourth-order valence-corrected chi connectivity index (χ4v) is 2.89. The van der Waals surface area contributed by atoms with Crippen molar-refractivity contribution in [3.05, 3.63) is 47.3 Å². The molecule has 1 aliphatic carbocycles. The summed E-state index contributed by atoms with van der Waals surface area (Å²) in [5, 5.41) is 6.34. The Morgan fingerprint density at radius 3 is 2.57 bits per heavy atom. The molecule has 0 bridgehead atoms. The normalized spacial score (nSPS) is 14.4. The Balaban J connectivity index is 1.83. The molecule has 0 saturated heterocycles. The van der Waals surface area contributed by atoms with Crippen LogP contribution < -0.4 is 5.32 Å². The summed E-state index contributed by atoms with van der Waals surface area (Å²) in [6, 6.07) is 8.80. The van der Waals surface area contributed by atoms with Crippen molar-refractivity contribution in [1.82, 2.24) is 9.78 Å². The van der Waals surface area contributed by atoms with Crippen molar-refractivity contribution in [3.63, 3.8) is 0 Å². The Bertz CT molecular complexity index is 707. The standard InChI is InChI=1S/C16H16F3N3O/c17-16(18,19)15-12-8-4-5-9-13(12)22(21-15)10-14(23)20-11-6-2-1-3-7-11/h1-3,6-7H,4-5,8-10H2,(H,20,23). The monoisotopic (exact) mass is 323 g/mol. The molecule has 0 saturated carbocycles. The molecule has 0 aliphatic heterocycles. The van der Waals surface area contributed by atoms with E-state index < -0.39 is 11.9 Å². The average Bonchev–Trinajstić information content (AvgIpc) is 2.87. The quantitative estimate of drug-likeness (QED) is 0.941. The molecule has 0 unspecified atom stereocenters. The SMILES string of the molecule is O=C(Cn1nc(C(F)(F)F)c2c1CCCC2)Nc1ccccc1. The molecule has 1 amide bonds. The number of nitrogens with zero attached hydrogens (tertiary/aromatic N) is 2. The first-order chi connectivity index (χ1) is 10.9. The van der Waals surface area contributed by atoms with Crippen molar-refractivity contribution in [2.75, 3.05) is 5.32 Å². The maximum atomic E-state index is 13.1. The second-order valence-corrected chi connectivity index (χ2v) is 5.55. The first-order valence-corrected chi connectivity index (χ1v) is 7.46. The average molecular weight is 323 g/mol. The number of fused-ring (bicyclic) bond motifs is 1. The number of nitrogens with one attached hydrogen (secondary N) is 1. The third-order valence-corrected chi connectivity index (χ3v) is 3.88. The van der Waals surface area contributed by atoms with E-state index in [9.17, 15) is 18.0 Å². The number of aromatic nitrogens is 2. The van der Waals surface area contributed by atoms with Crippen LogP contribution in [0.1, 0.15) is 29.8 Å². The van der Waals surface area contributed by atoms with Crippen molar-refractivity contribution < 1.29 is 18.0 Å². The summed E-state index contributed by atoms with van der Waals surface area (Å²) in [5.74, 6) is -0.388. The molecular formula is C16H16F3N3O. The number of carbonyl (C=O) groups excluding carboxylic acids is 1. The van der Waals surface area contributed by atoms with Crippen LogP contribution in [0.25, 0.3) is 0 Å². The summed E-state index contributed by atoms with van der Waals surface area (Å²) in [6.45, 7) is -0.215. The Morgan fingerprint density at radius 2 is 1.87 bits per heavy atom. The number of rotatable bonds is 3. The number of amides is 1. The highest BCUT2D eigenvalue weighted by Crippen LogP contribution is 2.35. The zero-order chi connectivity index (χ0) is 16.4. The van der Waals surface area contributed by atoms with Crippen LogP contribution in [0.3, 0.4) is 0 Å². The smallest absolute Gasteiger partial charge is 0.324 e. The second-order valence-electron chi connectivity index (χ2n) is 5.55. The summed E-state index contributed by atoms with van der Waals surface area (Å²) in [4.78, 5) is 12.1. The molecule has 1 N–H and O–H groups in total. The Hall–Kier alpha value is -2.31. The van der Waals surface area contributed by atoms with E-state index in [2.05, 4.69) is 10.4 Å². The molecule has 3 rings (SSSR count). The lowest BCUT2D eigenvalue weighted by Gasteiger charge is -2.14. The minimum Gasteiger partial charge on any atom is -0.324 e. The van der Waals surface area contributed by atoms with Crippen LogP contribution in [0.15, 0.2) is 30.3 Å². The molecule has 0 spiro atoms. The molecule has 0 atom stereocenters. The molecule has 1 aromatic heterocycles. The van der Waals surface area contributed by atoms with Crippen LogP contribution in [0.5, 0.6) is 0 Å². The van der Waals surface area contributed by atoms with Crippen molar-refractivity contribution in [1.29, 1.82) is 0 Å². The molecule has 23 heavy (non-hydrogen) atoms. The van der Waals surface area contributed by atoms with Gasteiger partial charge in [-0.1, -0.05) is 18.2 Å². The van der Waals surface area contributed by atoms with Gasteiger partial charge in [-0.05, 0) is 37.8 Å². The van der Waals surface area contributed by atoms with Gasteiger partial charge < -0.3 is 5.32 Å². The van der Waals surface area contributed by atoms with Crippen molar-refractivity contribution in [3.8, 4) is 0 Å². The number of benzene rings is 1. The minimum absolute atomic E-state index is 0.215. The van der Waals surface area contributed by atoms with E-state index in [1.807, 2.05) is 6.07 Å². The van der Waals surface area contributed by atoms with Gasteiger partial charge in [0.25, 0.3) is 0 Å². The van der Waals surface area contributed by atoms with Gasteiger partial charge in [0.15, 0.2) is 5.69 Å². The molecule has 2 aromatic rings. The maximum absolute atomic E-state index is 13.1. The lowest BCUT2D eigenvalue weighted by Crippen LogP contribution is -2.21. The van der Waals surface area contributed by atoms with E-state index >= 15 is 0 Å². The summed E-state index contributed by atoms with van der Waals surface area (Å²) < 4.78 is 40.5. The van der Waals surface area contributed by atoms with Crippen LogP contribution >= 0.6 is 0 Å². The van der Waals surface area contributed by atoms with Gasteiger partial charge in [-0.2, -0.15) is 18.3 Å². The van der Waals surface area contributed by atoms with Crippen molar-refractivity contribution in [2.45, 2.75) is 38.4 Å². The van der Waals surface area contributed by atoms with E-state index in [0.717, 1.165) is 12.8 Å². The topological polar surface area (TPSA) is 46.9 Å². The molecule has 1 heterocycles. The number of hydrogen-bond donors (Lipinski definition) is 1. The Morgan fingerprint density at radius 1 is 1.17 bits per heavy atom. The van der Waals surface area contributed by atoms with Crippen LogP contribution in [0, 0.1) is 0 Å². The minimum atomic E-state index is -4.48. The van der Waals surface area contributed by atoms with E-state index in [0.29, 0.717) is 24.2 Å². The summed E-state index contributed by atoms with van der Waals surface area (Å²) in [7, 11) is 0. The van der Waals surface area contributed by atoms with Gasteiger partial charge in [0, 0.05) is 16.9 Å². The van der Waals surface area contributed by atoms with Gasteiger partial charge in [-0.25, -0.2) is 0 Å². The zero-order valence-electron chi connectivity index (χ0n) is 12.4. The highest BCUT2D eigenvalue weighted by Gasteiger charge is 2.39. The highest BCUT2D eigenvalue weighted by atomic mass is 19.4. The molecule has 4 nitrogen and oxygen atoms in total. The van der Waals surface area contributed by atoms with Gasteiger partial charge in [0.05, 0.1) is 0 Å². The number of hydrogen-bond acceptors (Lipinski definition) is 2. The fourth-order valence-electron chi connectivity index (χ4n) is 2.89. The summed E-state index contributed by atoms with van der Waals surface area (Å²) in [6.07, 6.45) is -2.06. The maximum Gasteiger partial charge on any atom is 0.435 e. The number of alkyl halides is 3. The lowest BCUT2D eigenvalue weighted by atomic mass is 9.95. The molecule has 7 heteroatoms. The molecule has 0 radical (unpaired) electrons. The van der Waals surface area contributed by atoms with Crippen LogP contribution in [-0.4, -0.2) is 15.7 Å². The third-order valence-electron chi connectivity index (χ3n) is 3.88. The molecule has 122 valence electrons. The number of carbonyl (C=O) groups is 1. The van der Waals surface area contributed by atoms with Gasteiger partial charge in [-0.15, -0.1) is 0 Å². The van der Waals surface area contributed by atoms with Gasteiger partial charge in [0.1, 0.15) is 6.54 Å². The second kappa shape index (κ2) is 6.06. The van der Waals surface area contributed by atoms with Crippen LogP contribution in [0.4, 0.5) is 18.9 Å². The van der Waals surface area contributed by atoms with E-state index in [1.54, 1.807) is 24.3 Å². The third kappa shape index (κ3) is 3.38. The number of halogens is 3. The molecular weight excluding hydrogens is 307 g/mol. The van der Waals surface area contributed by atoms with Crippen LogP contribution in [-0.2, 0) is 30.4 Å². The van der Waals surface area contributed by atoms with E-state index in [4.69, 9.17) is 0 Å². The first-order valence-electron chi connectivity index (χ1n) is 7.46. The van der Waals surface area contributed by atoms with Gasteiger partial charge in [0.2, 0.25) is 5.91 Å². The van der Waals surface area contributed by atoms with E-state index in [-0.39, 0.29) is 18.0 Å². The van der Waals surface area contributed by atoms with E-state index in [1.165, 1.54) is 4.68 Å². The van der Waals surface area contributed by atoms with Crippen LogP contribution in [0.2, 0.25) is 0 Å². The number of anilines is 1. The predicted molar refractivity (Wildman–Crippen MR) is 78.9 cm³/mol. The Kier molecular flexibility index (Phi) is 4.11. The largest absolute Gasteiger partial charge is 0.435 e. The highest BCUT2D eigenvalue weighted by molar-refractivity contribution is 5.90. The van der Waals surface area contributed by atoms with Crippen molar-refractivity contribution >= 4 is 11.6 Å². The molecule has 1 aliphatic rings.